The summed E-state index contributed by atoms with van der Waals surface area (Å²) in [5, 5.41) is 0. The molecule has 1 heterocycles. The van der Waals surface area contributed by atoms with E-state index in [1.54, 1.807) is 0 Å². The van der Waals surface area contributed by atoms with Crippen LogP contribution in [0.15, 0.2) is 43.0 Å². The van der Waals surface area contributed by atoms with E-state index >= 15 is 0 Å². The summed E-state index contributed by atoms with van der Waals surface area (Å²) >= 11 is 0. The standard InChI is InChI=1S/C12H15N/c1-3-12-9-13(12)10(2)11-7-5-4-6-8-11/h3-8,10,12H,1,9H2,2H3/t10-,12+,13?/m1/s1. The normalized spacial score (nSPS) is 28.1. The van der Waals surface area contributed by atoms with Crippen LogP contribution in [-0.2, 0) is 0 Å². The minimum Gasteiger partial charge on any atom is -0.287 e. The predicted octanol–water partition coefficient (Wildman–Crippen LogP) is 2.62. The van der Waals surface area contributed by atoms with Crippen LogP contribution in [-0.4, -0.2) is 17.5 Å². The fourth-order valence-corrected chi connectivity index (χ4v) is 1.75. The number of benzene rings is 1. The summed E-state index contributed by atoms with van der Waals surface area (Å²) in [5.74, 6) is 0. The van der Waals surface area contributed by atoms with E-state index in [0.717, 1.165) is 0 Å². The SMILES string of the molecule is C=C[C@H]1CN1[C@H](C)c1ccccc1. The Bertz CT molecular complexity index is 291. The lowest BCUT2D eigenvalue weighted by atomic mass is 10.1. The van der Waals surface area contributed by atoms with E-state index in [1.165, 1.54) is 12.1 Å². The average molecular weight is 173 g/mol. The van der Waals surface area contributed by atoms with Crippen LogP contribution in [0.4, 0.5) is 0 Å². The molecule has 1 unspecified atom stereocenters. The molecule has 2 rings (SSSR count). The fourth-order valence-electron chi connectivity index (χ4n) is 1.75. The maximum absolute atomic E-state index is 3.81. The van der Waals surface area contributed by atoms with Gasteiger partial charge in [0, 0.05) is 18.6 Å². The van der Waals surface area contributed by atoms with Crippen LogP contribution >= 0.6 is 0 Å². The molecule has 1 aromatic rings. The Labute approximate surface area is 79.7 Å². The Morgan fingerprint density at radius 3 is 2.69 bits per heavy atom. The topological polar surface area (TPSA) is 3.01 Å². The van der Waals surface area contributed by atoms with Gasteiger partial charge < -0.3 is 0 Å². The zero-order valence-electron chi connectivity index (χ0n) is 7.98. The van der Waals surface area contributed by atoms with Gasteiger partial charge in [0.1, 0.15) is 0 Å². The molecule has 0 N–H and O–H groups in total. The molecule has 0 bridgehead atoms. The summed E-state index contributed by atoms with van der Waals surface area (Å²) in [7, 11) is 0. The van der Waals surface area contributed by atoms with Crippen molar-refractivity contribution >= 4 is 0 Å². The van der Waals surface area contributed by atoms with Gasteiger partial charge in [-0.1, -0.05) is 36.4 Å². The molecule has 1 aliphatic rings. The van der Waals surface area contributed by atoms with Gasteiger partial charge >= 0.3 is 0 Å². The van der Waals surface area contributed by atoms with E-state index < -0.39 is 0 Å². The molecule has 13 heavy (non-hydrogen) atoms. The first-order valence-corrected chi connectivity index (χ1v) is 4.76. The molecular formula is C12H15N. The third-order valence-corrected chi connectivity index (χ3v) is 2.74. The second kappa shape index (κ2) is 3.35. The van der Waals surface area contributed by atoms with Gasteiger partial charge in [-0.05, 0) is 12.5 Å². The van der Waals surface area contributed by atoms with Crippen LogP contribution in [0.1, 0.15) is 18.5 Å². The first kappa shape index (κ1) is 8.52. The molecule has 1 heteroatoms. The van der Waals surface area contributed by atoms with Crippen LogP contribution in [0.5, 0.6) is 0 Å². The number of hydrogen-bond donors (Lipinski definition) is 0. The lowest BCUT2D eigenvalue weighted by molar-refractivity contribution is 0.424. The smallest absolute Gasteiger partial charge is 0.0410 e. The van der Waals surface area contributed by atoms with Crippen LogP contribution in [0.25, 0.3) is 0 Å². The molecular weight excluding hydrogens is 158 g/mol. The monoisotopic (exact) mass is 173 g/mol. The van der Waals surface area contributed by atoms with E-state index in [2.05, 4.69) is 48.7 Å². The highest BCUT2D eigenvalue weighted by Crippen LogP contribution is 2.31. The molecule has 68 valence electrons. The van der Waals surface area contributed by atoms with E-state index in [-0.39, 0.29) is 0 Å². The highest BCUT2D eigenvalue weighted by atomic mass is 15.3. The molecule has 1 nitrogen and oxygen atoms in total. The van der Waals surface area contributed by atoms with E-state index in [9.17, 15) is 0 Å². The first-order valence-electron chi connectivity index (χ1n) is 4.76. The van der Waals surface area contributed by atoms with Gasteiger partial charge in [-0.15, -0.1) is 6.58 Å². The summed E-state index contributed by atoms with van der Waals surface area (Å²) in [4.78, 5) is 2.43. The molecule has 3 atom stereocenters. The molecule has 1 fully saturated rings. The average Bonchev–Trinajstić information content (AvgIpc) is 2.97. The highest BCUT2D eigenvalue weighted by Gasteiger charge is 2.35. The van der Waals surface area contributed by atoms with Gasteiger partial charge in [0.05, 0.1) is 0 Å². The van der Waals surface area contributed by atoms with E-state index in [0.29, 0.717) is 12.1 Å². The fraction of sp³-hybridized carbons (Fsp3) is 0.333. The maximum atomic E-state index is 3.81. The summed E-state index contributed by atoms with van der Waals surface area (Å²) in [6.45, 7) is 7.22. The largest absolute Gasteiger partial charge is 0.287 e. The zero-order chi connectivity index (χ0) is 9.26. The van der Waals surface area contributed by atoms with Crippen molar-refractivity contribution in [3.63, 3.8) is 0 Å². The molecule has 1 aliphatic heterocycles. The van der Waals surface area contributed by atoms with Crippen LogP contribution in [0.3, 0.4) is 0 Å². The third kappa shape index (κ3) is 1.65. The quantitative estimate of drug-likeness (QED) is 0.501. The second-order valence-corrected chi connectivity index (χ2v) is 3.59. The molecule has 0 aliphatic carbocycles. The van der Waals surface area contributed by atoms with E-state index in [1.807, 2.05) is 6.08 Å². The Balaban J connectivity index is 2.07. The van der Waals surface area contributed by atoms with Crippen molar-refractivity contribution in [2.75, 3.05) is 6.54 Å². The van der Waals surface area contributed by atoms with Crippen molar-refractivity contribution in [2.24, 2.45) is 0 Å². The number of hydrogen-bond acceptors (Lipinski definition) is 1. The Morgan fingerprint density at radius 2 is 2.15 bits per heavy atom. The van der Waals surface area contributed by atoms with Crippen LogP contribution in [0, 0.1) is 0 Å². The van der Waals surface area contributed by atoms with Gasteiger partial charge in [0.15, 0.2) is 0 Å². The minimum atomic E-state index is 0.532. The zero-order valence-corrected chi connectivity index (χ0v) is 7.98. The summed E-state index contributed by atoms with van der Waals surface area (Å²) in [5.41, 5.74) is 1.40. The Morgan fingerprint density at radius 1 is 1.46 bits per heavy atom. The van der Waals surface area contributed by atoms with Gasteiger partial charge in [-0.3, -0.25) is 4.90 Å². The lowest BCUT2D eigenvalue weighted by Gasteiger charge is -2.13. The highest BCUT2D eigenvalue weighted by molar-refractivity contribution is 5.21. The number of nitrogens with zero attached hydrogens (tertiary/aromatic N) is 1. The summed E-state index contributed by atoms with van der Waals surface area (Å²) in [6, 6.07) is 11.8. The molecule has 0 radical (unpaired) electrons. The van der Waals surface area contributed by atoms with Gasteiger partial charge in [-0.2, -0.15) is 0 Å². The molecule has 0 saturated carbocycles. The van der Waals surface area contributed by atoms with Crippen molar-refractivity contribution in [1.29, 1.82) is 0 Å². The van der Waals surface area contributed by atoms with E-state index in [4.69, 9.17) is 0 Å². The van der Waals surface area contributed by atoms with Crippen LogP contribution in [0.2, 0.25) is 0 Å². The summed E-state index contributed by atoms with van der Waals surface area (Å²) < 4.78 is 0. The first-order chi connectivity index (χ1) is 6.33. The molecule has 1 saturated heterocycles. The van der Waals surface area contributed by atoms with Crippen molar-refractivity contribution in [3.05, 3.63) is 48.6 Å². The van der Waals surface area contributed by atoms with Crippen molar-refractivity contribution in [3.8, 4) is 0 Å². The minimum absolute atomic E-state index is 0.532. The van der Waals surface area contributed by atoms with Crippen molar-refractivity contribution in [1.82, 2.24) is 4.90 Å². The number of rotatable bonds is 3. The Hall–Kier alpha value is -1.08. The van der Waals surface area contributed by atoms with Crippen molar-refractivity contribution in [2.45, 2.75) is 19.0 Å². The van der Waals surface area contributed by atoms with Gasteiger partial charge in [0.2, 0.25) is 0 Å². The maximum Gasteiger partial charge on any atom is 0.0410 e. The molecule has 0 spiro atoms. The predicted molar refractivity (Wildman–Crippen MR) is 55.5 cm³/mol. The molecule has 0 amide bonds. The van der Waals surface area contributed by atoms with Gasteiger partial charge in [-0.25, -0.2) is 0 Å². The Kier molecular flexibility index (Phi) is 2.19. The van der Waals surface area contributed by atoms with Gasteiger partial charge in [0.25, 0.3) is 0 Å². The third-order valence-electron chi connectivity index (χ3n) is 2.74. The molecule has 1 aromatic carbocycles. The molecule has 0 aromatic heterocycles. The van der Waals surface area contributed by atoms with Crippen molar-refractivity contribution < 1.29 is 0 Å². The summed E-state index contributed by atoms with van der Waals surface area (Å²) in [6.07, 6.45) is 2.03. The van der Waals surface area contributed by atoms with Crippen LogP contribution < -0.4 is 0 Å². The lowest BCUT2D eigenvalue weighted by Crippen LogP contribution is -2.07. The second-order valence-electron chi connectivity index (χ2n) is 3.59.